The Hall–Kier alpha value is -0.0900. The van der Waals surface area contributed by atoms with E-state index in [9.17, 15) is 0 Å². The number of hydrogen-bond acceptors (Lipinski definition) is 3. The predicted molar refractivity (Wildman–Crippen MR) is 67.2 cm³/mol. The molecule has 1 saturated carbocycles. The molecular formula is C11H15BrN2S. The topological polar surface area (TPSA) is 25.8 Å². The third kappa shape index (κ3) is 3.45. The van der Waals surface area contributed by atoms with E-state index < -0.39 is 0 Å². The molecule has 0 unspecified atom stereocenters. The lowest BCUT2D eigenvalue weighted by atomic mass is 10.0. The molecule has 4 heteroatoms. The Morgan fingerprint density at radius 1 is 1.27 bits per heavy atom. The summed E-state index contributed by atoms with van der Waals surface area (Å²) in [5, 5.41) is 1.88. The molecular weight excluding hydrogens is 272 g/mol. The maximum atomic E-state index is 4.45. The first-order chi connectivity index (χ1) is 7.24. The maximum Gasteiger partial charge on any atom is 0.127 e. The molecule has 1 fully saturated rings. The monoisotopic (exact) mass is 286 g/mol. The molecule has 1 aliphatic rings. The second kappa shape index (κ2) is 5.30. The van der Waals surface area contributed by atoms with E-state index in [1.807, 2.05) is 24.8 Å². The second-order valence-corrected chi connectivity index (χ2v) is 6.09. The van der Waals surface area contributed by atoms with E-state index >= 15 is 0 Å². The lowest BCUT2D eigenvalue weighted by Crippen LogP contribution is -2.08. The standard InChI is InChI=1S/C11H15BrN2S/c1-8-13-10(12)7-11(14-8)15-9-5-3-2-4-6-9/h7,9H,2-6H2,1H3. The zero-order valence-electron chi connectivity index (χ0n) is 8.87. The van der Waals surface area contributed by atoms with Gasteiger partial charge in [0.05, 0.1) is 0 Å². The van der Waals surface area contributed by atoms with Crippen LogP contribution in [-0.4, -0.2) is 15.2 Å². The summed E-state index contributed by atoms with van der Waals surface area (Å²) in [6.07, 6.45) is 6.84. The molecule has 1 heterocycles. The highest BCUT2D eigenvalue weighted by Crippen LogP contribution is 2.33. The number of rotatable bonds is 2. The first-order valence-corrected chi connectivity index (χ1v) is 7.09. The molecule has 0 atom stereocenters. The van der Waals surface area contributed by atoms with Gasteiger partial charge in [-0.05, 0) is 35.7 Å². The van der Waals surface area contributed by atoms with Crippen molar-refractivity contribution >= 4 is 27.7 Å². The number of aromatic nitrogens is 2. The highest BCUT2D eigenvalue weighted by Gasteiger charge is 2.15. The molecule has 0 bridgehead atoms. The second-order valence-electron chi connectivity index (χ2n) is 3.95. The van der Waals surface area contributed by atoms with E-state index in [4.69, 9.17) is 0 Å². The van der Waals surface area contributed by atoms with Crippen LogP contribution in [-0.2, 0) is 0 Å². The van der Waals surface area contributed by atoms with Gasteiger partial charge in [-0.3, -0.25) is 0 Å². The Balaban J connectivity index is 2.02. The lowest BCUT2D eigenvalue weighted by Gasteiger charge is -2.20. The van der Waals surface area contributed by atoms with Gasteiger partial charge in [0.15, 0.2) is 0 Å². The minimum absolute atomic E-state index is 0.764. The van der Waals surface area contributed by atoms with Gasteiger partial charge >= 0.3 is 0 Å². The van der Waals surface area contributed by atoms with Gasteiger partial charge in [0.1, 0.15) is 15.5 Å². The highest BCUT2D eigenvalue weighted by atomic mass is 79.9. The molecule has 1 aliphatic carbocycles. The summed E-state index contributed by atoms with van der Waals surface area (Å²) < 4.78 is 0.897. The molecule has 1 aromatic heterocycles. The lowest BCUT2D eigenvalue weighted by molar-refractivity contribution is 0.515. The Morgan fingerprint density at radius 3 is 2.67 bits per heavy atom. The van der Waals surface area contributed by atoms with E-state index in [2.05, 4.69) is 25.9 Å². The Labute approximate surface area is 103 Å². The van der Waals surface area contributed by atoms with Crippen molar-refractivity contribution in [3.63, 3.8) is 0 Å². The highest BCUT2D eigenvalue weighted by molar-refractivity contribution is 9.10. The first kappa shape index (κ1) is 11.4. The summed E-state index contributed by atoms with van der Waals surface area (Å²) in [5.74, 6) is 0.850. The maximum absolute atomic E-state index is 4.45. The van der Waals surface area contributed by atoms with Crippen molar-refractivity contribution in [1.82, 2.24) is 9.97 Å². The fourth-order valence-corrected chi connectivity index (χ4v) is 3.82. The van der Waals surface area contributed by atoms with E-state index in [1.165, 1.54) is 32.1 Å². The van der Waals surface area contributed by atoms with Crippen LogP contribution in [0.3, 0.4) is 0 Å². The normalized spacial score (nSPS) is 18.0. The SMILES string of the molecule is Cc1nc(Br)cc(SC2CCCCC2)n1. The van der Waals surface area contributed by atoms with Gasteiger partial charge in [0.2, 0.25) is 0 Å². The summed E-state index contributed by atoms with van der Waals surface area (Å²) in [5.41, 5.74) is 0. The minimum atomic E-state index is 0.764. The Bertz CT molecular complexity index is 317. The number of hydrogen-bond donors (Lipinski definition) is 0. The molecule has 1 aromatic rings. The average molecular weight is 287 g/mol. The van der Waals surface area contributed by atoms with E-state index in [0.29, 0.717) is 0 Å². The van der Waals surface area contributed by atoms with Gasteiger partial charge in [-0.1, -0.05) is 19.3 Å². The van der Waals surface area contributed by atoms with Gasteiger partial charge in [0, 0.05) is 11.3 Å². The molecule has 0 radical (unpaired) electrons. The number of aryl methyl sites for hydroxylation is 1. The van der Waals surface area contributed by atoms with Crippen molar-refractivity contribution < 1.29 is 0 Å². The number of nitrogens with zero attached hydrogens (tertiary/aromatic N) is 2. The molecule has 0 N–H and O–H groups in total. The largest absolute Gasteiger partial charge is 0.227 e. The predicted octanol–water partition coefficient (Wildman–Crippen LogP) is 3.97. The molecule has 0 aromatic carbocycles. The molecule has 2 rings (SSSR count). The van der Waals surface area contributed by atoms with E-state index in [1.54, 1.807) is 0 Å². The van der Waals surface area contributed by atoms with Gasteiger partial charge in [-0.15, -0.1) is 11.8 Å². The first-order valence-electron chi connectivity index (χ1n) is 5.42. The van der Waals surface area contributed by atoms with Crippen LogP contribution < -0.4 is 0 Å². The molecule has 15 heavy (non-hydrogen) atoms. The third-order valence-electron chi connectivity index (χ3n) is 2.62. The van der Waals surface area contributed by atoms with E-state index in [-0.39, 0.29) is 0 Å². The van der Waals surface area contributed by atoms with Crippen LogP contribution in [0.15, 0.2) is 15.7 Å². The van der Waals surface area contributed by atoms with Crippen LogP contribution in [0.4, 0.5) is 0 Å². The van der Waals surface area contributed by atoms with Crippen molar-refractivity contribution in [3.05, 3.63) is 16.5 Å². The van der Waals surface area contributed by atoms with Gasteiger partial charge in [-0.2, -0.15) is 0 Å². The zero-order chi connectivity index (χ0) is 10.7. The summed E-state index contributed by atoms with van der Waals surface area (Å²) >= 11 is 5.33. The summed E-state index contributed by atoms with van der Waals surface area (Å²) in [6, 6.07) is 2.02. The van der Waals surface area contributed by atoms with Gasteiger partial charge in [-0.25, -0.2) is 9.97 Å². The third-order valence-corrected chi connectivity index (χ3v) is 4.28. The van der Waals surface area contributed by atoms with E-state index in [0.717, 1.165) is 20.7 Å². The molecule has 0 amide bonds. The fourth-order valence-electron chi connectivity index (χ4n) is 1.92. The summed E-state index contributed by atoms with van der Waals surface area (Å²) in [7, 11) is 0. The van der Waals surface area contributed by atoms with Crippen molar-refractivity contribution in [1.29, 1.82) is 0 Å². The number of thioether (sulfide) groups is 1. The van der Waals surface area contributed by atoms with Crippen LogP contribution in [0, 0.1) is 6.92 Å². The molecule has 0 spiro atoms. The Kier molecular flexibility index (Phi) is 4.03. The fraction of sp³-hybridized carbons (Fsp3) is 0.636. The van der Waals surface area contributed by atoms with Crippen LogP contribution >= 0.6 is 27.7 Å². The average Bonchev–Trinajstić information content (AvgIpc) is 2.17. The molecule has 0 saturated heterocycles. The van der Waals surface area contributed by atoms with Crippen LogP contribution in [0.25, 0.3) is 0 Å². The number of halogens is 1. The van der Waals surface area contributed by atoms with Gasteiger partial charge < -0.3 is 0 Å². The molecule has 0 aliphatic heterocycles. The van der Waals surface area contributed by atoms with Crippen molar-refractivity contribution in [2.75, 3.05) is 0 Å². The summed E-state index contributed by atoms with van der Waals surface area (Å²) in [6.45, 7) is 1.94. The van der Waals surface area contributed by atoms with Crippen LogP contribution in [0.2, 0.25) is 0 Å². The van der Waals surface area contributed by atoms with Crippen LogP contribution in [0.5, 0.6) is 0 Å². The zero-order valence-corrected chi connectivity index (χ0v) is 11.3. The Morgan fingerprint density at radius 2 is 2.00 bits per heavy atom. The smallest absolute Gasteiger partial charge is 0.127 e. The van der Waals surface area contributed by atoms with Crippen molar-refractivity contribution in [3.8, 4) is 0 Å². The van der Waals surface area contributed by atoms with Crippen molar-refractivity contribution in [2.24, 2.45) is 0 Å². The quantitative estimate of drug-likeness (QED) is 0.770. The minimum Gasteiger partial charge on any atom is -0.227 e. The molecule has 82 valence electrons. The summed E-state index contributed by atoms with van der Waals surface area (Å²) in [4.78, 5) is 8.67. The molecule has 2 nitrogen and oxygen atoms in total. The van der Waals surface area contributed by atoms with Crippen molar-refractivity contribution in [2.45, 2.75) is 49.3 Å². The van der Waals surface area contributed by atoms with Crippen LogP contribution in [0.1, 0.15) is 37.9 Å². The van der Waals surface area contributed by atoms with Gasteiger partial charge in [0.25, 0.3) is 0 Å².